The van der Waals surface area contributed by atoms with Crippen LogP contribution in [0.5, 0.6) is 0 Å². The van der Waals surface area contributed by atoms with Crippen molar-refractivity contribution in [3.63, 3.8) is 0 Å². The highest BCUT2D eigenvalue weighted by Gasteiger charge is 2.16. The number of carbonyl (C=O) groups excluding carboxylic acids is 1. The Morgan fingerprint density at radius 1 is 1.47 bits per heavy atom. The average Bonchev–Trinajstić information content (AvgIpc) is 2.26. The topological polar surface area (TPSA) is 82.2 Å². The van der Waals surface area contributed by atoms with E-state index in [9.17, 15) is 4.79 Å². The fourth-order valence-electron chi connectivity index (χ4n) is 1.56. The Balaban J connectivity index is 2.25. The number of nitrogens with two attached hydrogens (primary N) is 1. The fraction of sp³-hybridized carbons (Fsp3) is 0.800. The lowest BCUT2D eigenvalue weighted by Gasteiger charge is -2.27. The molecule has 5 heteroatoms. The summed E-state index contributed by atoms with van der Waals surface area (Å²) in [6.07, 6.45) is 3.40. The van der Waals surface area contributed by atoms with Crippen molar-refractivity contribution in [3.05, 3.63) is 0 Å². The van der Waals surface area contributed by atoms with Crippen molar-refractivity contribution in [2.24, 2.45) is 11.7 Å². The summed E-state index contributed by atoms with van der Waals surface area (Å²) in [7, 11) is 0. The van der Waals surface area contributed by atoms with Gasteiger partial charge in [0.1, 0.15) is 0 Å². The van der Waals surface area contributed by atoms with Gasteiger partial charge in [0.15, 0.2) is 0 Å². The summed E-state index contributed by atoms with van der Waals surface area (Å²) < 4.78 is 0. The van der Waals surface area contributed by atoms with Crippen molar-refractivity contribution in [1.29, 1.82) is 5.41 Å². The van der Waals surface area contributed by atoms with Crippen LogP contribution in [0.25, 0.3) is 0 Å². The lowest BCUT2D eigenvalue weighted by atomic mass is 10.1. The molecule has 15 heavy (non-hydrogen) atoms. The second kappa shape index (κ2) is 5.58. The highest BCUT2D eigenvalue weighted by molar-refractivity contribution is 5.80. The van der Waals surface area contributed by atoms with Crippen molar-refractivity contribution in [2.75, 3.05) is 19.6 Å². The van der Waals surface area contributed by atoms with Gasteiger partial charge >= 0.3 is 6.03 Å². The van der Waals surface area contributed by atoms with Crippen LogP contribution in [0.15, 0.2) is 0 Å². The van der Waals surface area contributed by atoms with Crippen LogP contribution in [0.4, 0.5) is 4.79 Å². The van der Waals surface area contributed by atoms with Gasteiger partial charge in [0.2, 0.25) is 0 Å². The number of nitrogens with one attached hydrogen (secondary N) is 2. The predicted octanol–water partition coefficient (Wildman–Crippen LogP) is 0.754. The summed E-state index contributed by atoms with van der Waals surface area (Å²) in [6, 6.07) is -0.0252. The molecule has 0 bridgehead atoms. The van der Waals surface area contributed by atoms with E-state index in [0.29, 0.717) is 6.54 Å². The molecule has 0 saturated carbocycles. The molecule has 1 saturated heterocycles. The van der Waals surface area contributed by atoms with E-state index in [1.807, 2.05) is 11.8 Å². The van der Waals surface area contributed by atoms with E-state index in [1.54, 1.807) is 0 Å². The standard InChI is InChI=1S/C10H20N4O/c1-8(9(11)12)7-13-10(15)14-5-3-2-4-6-14/h8H,2-7H2,1H3,(H3,11,12)(H,13,15). The third-order valence-corrected chi connectivity index (χ3v) is 2.73. The highest BCUT2D eigenvalue weighted by Crippen LogP contribution is 2.08. The van der Waals surface area contributed by atoms with Gasteiger partial charge < -0.3 is 16.0 Å². The van der Waals surface area contributed by atoms with Gasteiger partial charge in [-0.05, 0) is 19.3 Å². The summed E-state index contributed by atoms with van der Waals surface area (Å²) in [4.78, 5) is 13.5. The summed E-state index contributed by atoms with van der Waals surface area (Å²) in [6.45, 7) is 3.98. The van der Waals surface area contributed by atoms with Crippen LogP contribution >= 0.6 is 0 Å². The van der Waals surface area contributed by atoms with Crippen molar-refractivity contribution in [2.45, 2.75) is 26.2 Å². The lowest BCUT2D eigenvalue weighted by molar-refractivity contribution is 0.186. The molecule has 1 unspecified atom stereocenters. The zero-order valence-corrected chi connectivity index (χ0v) is 9.25. The Kier molecular flexibility index (Phi) is 4.39. The van der Waals surface area contributed by atoms with Gasteiger partial charge in [-0.15, -0.1) is 0 Å². The molecule has 0 aromatic rings. The molecule has 1 atom stereocenters. The number of likely N-dealkylation sites (tertiary alicyclic amines) is 1. The molecule has 86 valence electrons. The molecule has 5 nitrogen and oxygen atoms in total. The zero-order chi connectivity index (χ0) is 11.3. The molecule has 2 amide bonds. The lowest BCUT2D eigenvalue weighted by Crippen LogP contribution is -2.45. The maximum atomic E-state index is 11.6. The van der Waals surface area contributed by atoms with Crippen LogP contribution in [0, 0.1) is 11.3 Å². The van der Waals surface area contributed by atoms with E-state index in [1.165, 1.54) is 6.42 Å². The number of urea groups is 1. The second-order valence-corrected chi connectivity index (χ2v) is 4.09. The van der Waals surface area contributed by atoms with Gasteiger partial charge in [0.25, 0.3) is 0 Å². The predicted molar refractivity (Wildman–Crippen MR) is 59.9 cm³/mol. The first-order chi connectivity index (χ1) is 7.11. The summed E-state index contributed by atoms with van der Waals surface area (Å²) in [5, 5.41) is 10.0. The highest BCUT2D eigenvalue weighted by atomic mass is 16.2. The molecule has 1 aliphatic heterocycles. The molecule has 1 aliphatic rings. The molecular weight excluding hydrogens is 192 g/mol. The van der Waals surface area contributed by atoms with E-state index in [0.717, 1.165) is 25.9 Å². The Hall–Kier alpha value is -1.26. The first-order valence-electron chi connectivity index (χ1n) is 5.48. The number of rotatable bonds is 3. The van der Waals surface area contributed by atoms with Crippen molar-refractivity contribution < 1.29 is 4.79 Å². The molecule has 0 aromatic carbocycles. The Morgan fingerprint density at radius 2 is 2.07 bits per heavy atom. The summed E-state index contributed by atoms with van der Waals surface area (Å²) in [5.41, 5.74) is 5.32. The third-order valence-electron chi connectivity index (χ3n) is 2.73. The first-order valence-corrected chi connectivity index (χ1v) is 5.48. The Bertz CT molecular complexity index is 236. The quantitative estimate of drug-likeness (QED) is 0.476. The van der Waals surface area contributed by atoms with Gasteiger partial charge in [-0.2, -0.15) is 0 Å². The number of amides is 2. The molecule has 0 aliphatic carbocycles. The number of hydrogen-bond acceptors (Lipinski definition) is 2. The van der Waals surface area contributed by atoms with Gasteiger partial charge in [-0.1, -0.05) is 6.92 Å². The number of hydrogen-bond donors (Lipinski definition) is 3. The fourth-order valence-corrected chi connectivity index (χ4v) is 1.56. The maximum absolute atomic E-state index is 11.6. The number of piperidine rings is 1. The monoisotopic (exact) mass is 212 g/mol. The molecule has 1 heterocycles. The van der Waals surface area contributed by atoms with E-state index >= 15 is 0 Å². The van der Waals surface area contributed by atoms with Crippen LogP contribution in [-0.2, 0) is 0 Å². The van der Waals surface area contributed by atoms with Gasteiger partial charge in [-0.3, -0.25) is 5.41 Å². The normalized spacial score (nSPS) is 18.3. The van der Waals surface area contributed by atoms with Crippen LogP contribution in [-0.4, -0.2) is 36.4 Å². The van der Waals surface area contributed by atoms with Crippen LogP contribution in [0.3, 0.4) is 0 Å². The summed E-state index contributed by atoms with van der Waals surface area (Å²) in [5.74, 6) is 0.0349. The van der Waals surface area contributed by atoms with Gasteiger partial charge in [-0.25, -0.2) is 4.79 Å². The van der Waals surface area contributed by atoms with E-state index in [-0.39, 0.29) is 17.8 Å². The van der Waals surface area contributed by atoms with Crippen molar-refractivity contribution in [1.82, 2.24) is 10.2 Å². The summed E-state index contributed by atoms with van der Waals surface area (Å²) >= 11 is 0. The van der Waals surface area contributed by atoms with E-state index < -0.39 is 0 Å². The number of amidine groups is 1. The second-order valence-electron chi connectivity index (χ2n) is 4.09. The SMILES string of the molecule is CC(CNC(=O)N1CCCCC1)C(=N)N. The first kappa shape index (κ1) is 11.8. The van der Waals surface area contributed by atoms with Crippen LogP contribution in [0.1, 0.15) is 26.2 Å². The minimum Gasteiger partial charge on any atom is -0.387 e. The number of nitrogens with zero attached hydrogens (tertiary/aromatic N) is 1. The third kappa shape index (κ3) is 3.77. The molecule has 1 rings (SSSR count). The average molecular weight is 212 g/mol. The molecule has 0 radical (unpaired) electrons. The van der Waals surface area contributed by atoms with Crippen LogP contribution in [0.2, 0.25) is 0 Å². The molecule has 0 spiro atoms. The smallest absolute Gasteiger partial charge is 0.317 e. The van der Waals surface area contributed by atoms with Gasteiger partial charge in [0, 0.05) is 25.6 Å². The molecule has 0 aromatic heterocycles. The zero-order valence-electron chi connectivity index (χ0n) is 9.25. The maximum Gasteiger partial charge on any atom is 0.317 e. The number of carbonyl (C=O) groups is 1. The van der Waals surface area contributed by atoms with E-state index in [4.69, 9.17) is 11.1 Å². The molecular formula is C10H20N4O. The Morgan fingerprint density at radius 3 is 2.60 bits per heavy atom. The van der Waals surface area contributed by atoms with Crippen LogP contribution < -0.4 is 11.1 Å². The van der Waals surface area contributed by atoms with Crippen molar-refractivity contribution >= 4 is 11.9 Å². The Labute approximate surface area is 90.5 Å². The minimum atomic E-state index is -0.0845. The van der Waals surface area contributed by atoms with E-state index in [2.05, 4.69) is 5.32 Å². The van der Waals surface area contributed by atoms with Crippen molar-refractivity contribution in [3.8, 4) is 0 Å². The molecule has 4 N–H and O–H groups in total. The molecule has 1 fully saturated rings. The van der Waals surface area contributed by atoms with Gasteiger partial charge in [0.05, 0.1) is 5.84 Å². The minimum absolute atomic E-state index is 0.0252. The largest absolute Gasteiger partial charge is 0.387 e.